The van der Waals surface area contributed by atoms with E-state index >= 15 is 0 Å². The van der Waals surface area contributed by atoms with Crippen LogP contribution in [-0.4, -0.2) is 28.4 Å². The molecule has 114 valence electrons. The van der Waals surface area contributed by atoms with E-state index < -0.39 is 6.10 Å². The molecule has 1 aromatic carbocycles. The minimum Gasteiger partial charge on any atom is -0.387 e. The number of β-amino-alcohol motifs (C(OH)–C–C–N with tert-alkyl or cyclic N) is 1. The van der Waals surface area contributed by atoms with Crippen molar-refractivity contribution >= 4 is 11.8 Å². The first-order valence-corrected chi connectivity index (χ1v) is 7.28. The number of rotatable bonds is 3. The van der Waals surface area contributed by atoms with Gasteiger partial charge in [-0.3, -0.25) is 14.5 Å². The summed E-state index contributed by atoms with van der Waals surface area (Å²) in [5.74, 6) is -0.388. The van der Waals surface area contributed by atoms with Crippen LogP contribution in [0.15, 0.2) is 18.2 Å². The maximum absolute atomic E-state index is 12.1. The molecule has 21 heavy (non-hydrogen) atoms. The summed E-state index contributed by atoms with van der Waals surface area (Å²) in [7, 11) is 0. The zero-order valence-electron chi connectivity index (χ0n) is 13.1. The highest BCUT2D eigenvalue weighted by Crippen LogP contribution is 2.32. The van der Waals surface area contributed by atoms with Gasteiger partial charge in [0.05, 0.1) is 12.6 Å². The SMILES string of the molecule is Cc1ccc(C)c(C(O)CN2C(=O)CC(C)(C)CC2=O)c1. The molecule has 1 atom stereocenters. The summed E-state index contributed by atoms with van der Waals surface area (Å²) in [6.45, 7) is 7.75. The van der Waals surface area contributed by atoms with Crippen molar-refractivity contribution in [3.63, 3.8) is 0 Å². The number of benzene rings is 1. The minimum atomic E-state index is -0.834. The van der Waals surface area contributed by atoms with Crippen molar-refractivity contribution in [3.05, 3.63) is 34.9 Å². The van der Waals surface area contributed by atoms with Crippen LogP contribution in [0.3, 0.4) is 0 Å². The van der Waals surface area contributed by atoms with Crippen molar-refractivity contribution < 1.29 is 14.7 Å². The Balaban J connectivity index is 2.16. The van der Waals surface area contributed by atoms with Crippen molar-refractivity contribution in [1.29, 1.82) is 0 Å². The van der Waals surface area contributed by atoms with E-state index in [-0.39, 0.29) is 23.8 Å². The second kappa shape index (κ2) is 5.60. The largest absolute Gasteiger partial charge is 0.387 e. The lowest BCUT2D eigenvalue weighted by Crippen LogP contribution is -2.47. The van der Waals surface area contributed by atoms with Crippen LogP contribution in [0, 0.1) is 19.3 Å². The third-order valence-electron chi connectivity index (χ3n) is 4.01. The molecule has 2 amide bonds. The third-order valence-corrected chi connectivity index (χ3v) is 4.01. The number of hydrogen-bond acceptors (Lipinski definition) is 3. The zero-order valence-corrected chi connectivity index (χ0v) is 13.1. The standard InChI is InChI=1S/C17H23NO3/c1-11-5-6-12(2)13(7-11)14(19)10-18-15(20)8-17(3,4)9-16(18)21/h5-7,14,19H,8-10H2,1-4H3. The topological polar surface area (TPSA) is 57.6 Å². The number of nitrogens with zero attached hydrogens (tertiary/aromatic N) is 1. The maximum Gasteiger partial charge on any atom is 0.229 e. The van der Waals surface area contributed by atoms with Gasteiger partial charge in [0.15, 0.2) is 0 Å². The highest BCUT2D eigenvalue weighted by Gasteiger charge is 2.38. The average molecular weight is 289 g/mol. The summed E-state index contributed by atoms with van der Waals surface area (Å²) in [5.41, 5.74) is 2.51. The monoisotopic (exact) mass is 289 g/mol. The van der Waals surface area contributed by atoms with Crippen LogP contribution in [0.5, 0.6) is 0 Å². The Morgan fingerprint density at radius 1 is 1.19 bits per heavy atom. The number of aryl methyl sites for hydroxylation is 2. The van der Waals surface area contributed by atoms with Gasteiger partial charge in [-0.1, -0.05) is 37.6 Å². The number of aliphatic hydroxyl groups excluding tert-OH is 1. The second-order valence-corrected chi connectivity index (χ2v) is 6.79. The number of carbonyl (C=O) groups excluding carboxylic acids is 2. The Kier molecular flexibility index (Phi) is 4.19. The molecule has 0 spiro atoms. The lowest BCUT2D eigenvalue weighted by atomic mass is 9.81. The molecule has 1 N–H and O–H groups in total. The molecule has 1 saturated heterocycles. The van der Waals surface area contributed by atoms with Crippen LogP contribution >= 0.6 is 0 Å². The zero-order chi connectivity index (χ0) is 15.8. The second-order valence-electron chi connectivity index (χ2n) is 6.79. The van der Waals surface area contributed by atoms with Crippen molar-refractivity contribution in [2.45, 2.75) is 46.6 Å². The smallest absolute Gasteiger partial charge is 0.229 e. The van der Waals surface area contributed by atoms with Crippen LogP contribution in [-0.2, 0) is 9.59 Å². The van der Waals surface area contributed by atoms with E-state index in [1.165, 1.54) is 4.90 Å². The highest BCUT2D eigenvalue weighted by atomic mass is 16.3. The van der Waals surface area contributed by atoms with Crippen LogP contribution in [0.2, 0.25) is 0 Å². The Bertz CT molecular complexity index is 557. The van der Waals surface area contributed by atoms with Gasteiger partial charge in [0.2, 0.25) is 11.8 Å². The molecule has 0 aromatic heterocycles. The van der Waals surface area contributed by atoms with E-state index in [0.717, 1.165) is 16.7 Å². The molecule has 1 fully saturated rings. The summed E-state index contributed by atoms with van der Waals surface area (Å²) in [6.07, 6.45) is -0.143. The van der Waals surface area contributed by atoms with Crippen LogP contribution in [0.1, 0.15) is 49.5 Å². The van der Waals surface area contributed by atoms with Gasteiger partial charge in [-0.25, -0.2) is 0 Å². The number of likely N-dealkylation sites (tertiary alicyclic amines) is 1. The molecule has 1 unspecified atom stereocenters. The van der Waals surface area contributed by atoms with Gasteiger partial charge in [0.25, 0.3) is 0 Å². The number of carbonyl (C=O) groups is 2. The molecule has 0 aliphatic carbocycles. The maximum atomic E-state index is 12.1. The number of aliphatic hydroxyl groups is 1. The molecule has 0 radical (unpaired) electrons. The summed E-state index contributed by atoms with van der Waals surface area (Å²) < 4.78 is 0. The van der Waals surface area contributed by atoms with E-state index in [2.05, 4.69) is 0 Å². The summed E-state index contributed by atoms with van der Waals surface area (Å²) >= 11 is 0. The molecule has 1 aliphatic rings. The quantitative estimate of drug-likeness (QED) is 0.870. The van der Waals surface area contributed by atoms with E-state index in [4.69, 9.17) is 0 Å². The summed E-state index contributed by atoms with van der Waals surface area (Å²) in [6, 6.07) is 5.82. The molecule has 1 heterocycles. The van der Waals surface area contributed by atoms with Gasteiger partial charge in [0, 0.05) is 12.8 Å². The first kappa shape index (κ1) is 15.7. The van der Waals surface area contributed by atoms with Crippen molar-refractivity contribution in [3.8, 4) is 0 Å². The van der Waals surface area contributed by atoms with E-state index in [9.17, 15) is 14.7 Å². The van der Waals surface area contributed by atoms with Gasteiger partial charge in [0.1, 0.15) is 0 Å². The lowest BCUT2D eigenvalue weighted by Gasteiger charge is -2.35. The minimum absolute atomic E-state index is 0.0397. The van der Waals surface area contributed by atoms with Crippen molar-refractivity contribution in [1.82, 2.24) is 4.90 Å². The number of hydrogen-bond donors (Lipinski definition) is 1. The highest BCUT2D eigenvalue weighted by molar-refractivity contribution is 5.98. The number of piperidine rings is 1. The molecule has 1 aromatic rings. The molecule has 4 nitrogen and oxygen atoms in total. The first-order valence-electron chi connectivity index (χ1n) is 7.28. The van der Waals surface area contributed by atoms with Crippen molar-refractivity contribution in [2.75, 3.05) is 6.54 Å². The van der Waals surface area contributed by atoms with Gasteiger partial charge in [-0.2, -0.15) is 0 Å². The molecule has 4 heteroatoms. The lowest BCUT2D eigenvalue weighted by molar-refractivity contribution is -0.154. The molecular formula is C17H23NO3. The normalized spacial score (nSPS) is 19.8. The van der Waals surface area contributed by atoms with E-state index in [0.29, 0.717) is 12.8 Å². The predicted molar refractivity (Wildman–Crippen MR) is 80.6 cm³/mol. The van der Waals surface area contributed by atoms with E-state index in [1.807, 2.05) is 45.9 Å². The Hall–Kier alpha value is -1.68. The van der Waals surface area contributed by atoms with Crippen molar-refractivity contribution in [2.24, 2.45) is 5.41 Å². The van der Waals surface area contributed by atoms with Crippen LogP contribution < -0.4 is 0 Å². The Labute approximate surface area is 125 Å². The predicted octanol–water partition coefficient (Wildman–Crippen LogP) is 2.51. The third kappa shape index (κ3) is 3.50. The van der Waals surface area contributed by atoms with Crippen LogP contribution in [0.4, 0.5) is 0 Å². The van der Waals surface area contributed by atoms with Gasteiger partial charge in [-0.05, 0) is 30.4 Å². The summed E-state index contributed by atoms with van der Waals surface area (Å²) in [4.78, 5) is 25.5. The fraction of sp³-hybridized carbons (Fsp3) is 0.529. The van der Waals surface area contributed by atoms with Gasteiger partial charge in [-0.15, -0.1) is 0 Å². The fourth-order valence-electron chi connectivity index (χ4n) is 2.81. The average Bonchev–Trinajstić information content (AvgIpc) is 2.35. The Morgan fingerprint density at radius 2 is 1.76 bits per heavy atom. The summed E-state index contributed by atoms with van der Waals surface area (Å²) in [5, 5.41) is 10.4. The van der Waals surface area contributed by atoms with Gasteiger partial charge < -0.3 is 5.11 Å². The number of amides is 2. The van der Waals surface area contributed by atoms with Gasteiger partial charge >= 0.3 is 0 Å². The number of imide groups is 1. The molecule has 2 rings (SSSR count). The first-order chi connectivity index (χ1) is 9.69. The Morgan fingerprint density at radius 3 is 2.33 bits per heavy atom. The molecular weight excluding hydrogens is 266 g/mol. The van der Waals surface area contributed by atoms with E-state index in [1.54, 1.807) is 0 Å². The molecule has 0 saturated carbocycles. The molecule has 0 bridgehead atoms. The van der Waals surface area contributed by atoms with Crippen LogP contribution in [0.25, 0.3) is 0 Å². The fourth-order valence-corrected chi connectivity index (χ4v) is 2.81. The molecule has 1 aliphatic heterocycles.